The van der Waals surface area contributed by atoms with Crippen molar-refractivity contribution >= 4 is 11.9 Å². The first-order valence-corrected chi connectivity index (χ1v) is 8.25. The van der Waals surface area contributed by atoms with Crippen molar-refractivity contribution in [3.05, 3.63) is 65.2 Å². The second-order valence-electron chi connectivity index (χ2n) is 6.27. The molecule has 5 heteroatoms. The second kappa shape index (κ2) is 8.87. The first kappa shape index (κ1) is 18.5. The molecule has 0 unspecified atom stereocenters. The summed E-state index contributed by atoms with van der Waals surface area (Å²) in [5.41, 5.74) is 1.76. The third-order valence-corrected chi connectivity index (χ3v) is 3.56. The highest BCUT2D eigenvalue weighted by Gasteiger charge is 2.09. The molecule has 0 aliphatic rings. The quantitative estimate of drug-likeness (QED) is 0.772. The topological polar surface area (TPSA) is 75.6 Å². The van der Waals surface area contributed by atoms with Crippen LogP contribution >= 0.6 is 0 Å². The largest absolute Gasteiger partial charge is 0.493 e. The third-order valence-electron chi connectivity index (χ3n) is 3.56. The van der Waals surface area contributed by atoms with Crippen molar-refractivity contribution < 1.29 is 19.4 Å². The van der Waals surface area contributed by atoms with E-state index in [1.807, 2.05) is 24.3 Å². The molecule has 2 aromatic rings. The summed E-state index contributed by atoms with van der Waals surface area (Å²) in [6.07, 6.45) is 0.135. The first-order chi connectivity index (χ1) is 12.0. The minimum absolute atomic E-state index is 0.135. The summed E-state index contributed by atoms with van der Waals surface area (Å²) in [5, 5.41) is 11.9. The van der Waals surface area contributed by atoms with Crippen LogP contribution in [0.25, 0.3) is 0 Å². The molecular weight excluding hydrogens is 318 g/mol. The summed E-state index contributed by atoms with van der Waals surface area (Å²) in [5.74, 6) is 0.0215. The molecule has 2 rings (SSSR count). The SMILES string of the molecule is CC(C)COc1ccccc1CNC(=O)Cc1cccc(C(=O)O)c1. The maximum atomic E-state index is 12.1. The first-order valence-electron chi connectivity index (χ1n) is 8.25. The van der Waals surface area contributed by atoms with Gasteiger partial charge in [0, 0.05) is 12.1 Å². The molecule has 0 saturated carbocycles. The molecule has 0 aliphatic carbocycles. The minimum Gasteiger partial charge on any atom is -0.493 e. The average molecular weight is 341 g/mol. The maximum absolute atomic E-state index is 12.1. The monoisotopic (exact) mass is 341 g/mol. The van der Waals surface area contributed by atoms with Gasteiger partial charge in [-0.25, -0.2) is 4.79 Å². The third kappa shape index (κ3) is 5.95. The van der Waals surface area contributed by atoms with Crippen molar-refractivity contribution in [1.29, 1.82) is 0 Å². The highest BCUT2D eigenvalue weighted by atomic mass is 16.5. The van der Waals surface area contributed by atoms with Crippen LogP contribution in [0.4, 0.5) is 0 Å². The van der Waals surface area contributed by atoms with E-state index in [2.05, 4.69) is 19.2 Å². The molecule has 0 heterocycles. The van der Waals surface area contributed by atoms with E-state index in [0.29, 0.717) is 24.6 Å². The number of aromatic carboxylic acids is 1. The number of carboxylic acid groups (broad SMARTS) is 1. The van der Waals surface area contributed by atoms with Crippen molar-refractivity contribution in [3.8, 4) is 5.75 Å². The summed E-state index contributed by atoms with van der Waals surface area (Å²) < 4.78 is 5.77. The molecule has 0 saturated heterocycles. The number of para-hydroxylation sites is 1. The zero-order valence-electron chi connectivity index (χ0n) is 14.5. The molecule has 0 radical (unpaired) electrons. The van der Waals surface area contributed by atoms with E-state index in [1.54, 1.807) is 12.1 Å². The lowest BCUT2D eigenvalue weighted by Gasteiger charge is -2.13. The molecule has 132 valence electrons. The number of ether oxygens (including phenoxy) is 1. The van der Waals surface area contributed by atoms with Gasteiger partial charge in [-0.2, -0.15) is 0 Å². The Morgan fingerprint density at radius 1 is 1.12 bits per heavy atom. The number of hydrogen-bond donors (Lipinski definition) is 2. The van der Waals surface area contributed by atoms with E-state index < -0.39 is 5.97 Å². The van der Waals surface area contributed by atoms with Crippen molar-refractivity contribution in [2.45, 2.75) is 26.8 Å². The zero-order valence-corrected chi connectivity index (χ0v) is 14.5. The summed E-state index contributed by atoms with van der Waals surface area (Å²) in [7, 11) is 0. The molecule has 25 heavy (non-hydrogen) atoms. The lowest BCUT2D eigenvalue weighted by molar-refractivity contribution is -0.120. The lowest BCUT2D eigenvalue weighted by atomic mass is 10.1. The molecular formula is C20H23NO4. The van der Waals surface area contributed by atoms with Gasteiger partial charge in [0.15, 0.2) is 0 Å². The van der Waals surface area contributed by atoms with Crippen molar-refractivity contribution in [3.63, 3.8) is 0 Å². The van der Waals surface area contributed by atoms with Gasteiger partial charge in [-0.15, -0.1) is 0 Å². The Morgan fingerprint density at radius 3 is 2.60 bits per heavy atom. The van der Waals surface area contributed by atoms with E-state index in [4.69, 9.17) is 9.84 Å². The van der Waals surface area contributed by atoms with Gasteiger partial charge in [-0.05, 0) is 29.7 Å². The molecule has 2 N–H and O–H groups in total. The number of carbonyl (C=O) groups excluding carboxylic acids is 1. The molecule has 0 aliphatic heterocycles. The number of amides is 1. The summed E-state index contributed by atoms with van der Waals surface area (Å²) in [4.78, 5) is 23.1. The Hall–Kier alpha value is -2.82. The maximum Gasteiger partial charge on any atom is 0.335 e. The molecule has 0 atom stereocenters. The molecule has 0 fully saturated rings. The lowest BCUT2D eigenvalue weighted by Crippen LogP contribution is -2.25. The van der Waals surface area contributed by atoms with Crippen LogP contribution in [-0.4, -0.2) is 23.6 Å². The van der Waals surface area contributed by atoms with Gasteiger partial charge in [0.25, 0.3) is 0 Å². The van der Waals surface area contributed by atoms with Gasteiger partial charge < -0.3 is 15.2 Å². The van der Waals surface area contributed by atoms with Crippen LogP contribution in [0.2, 0.25) is 0 Å². The van der Waals surface area contributed by atoms with Crippen LogP contribution in [-0.2, 0) is 17.8 Å². The average Bonchev–Trinajstić information content (AvgIpc) is 2.59. The van der Waals surface area contributed by atoms with Crippen molar-refractivity contribution in [2.24, 2.45) is 5.92 Å². The molecule has 0 bridgehead atoms. The number of carbonyl (C=O) groups is 2. The van der Waals surface area contributed by atoms with Gasteiger partial charge in [-0.1, -0.05) is 44.2 Å². The molecule has 0 aromatic heterocycles. The van der Waals surface area contributed by atoms with Crippen LogP contribution in [0.5, 0.6) is 5.75 Å². The summed E-state index contributed by atoms with van der Waals surface area (Å²) in [6.45, 7) is 5.14. The number of hydrogen-bond acceptors (Lipinski definition) is 3. The normalized spacial score (nSPS) is 10.5. The minimum atomic E-state index is -1.00. The Bertz CT molecular complexity index is 740. The van der Waals surface area contributed by atoms with Gasteiger partial charge in [0.05, 0.1) is 18.6 Å². The van der Waals surface area contributed by atoms with Crippen molar-refractivity contribution in [1.82, 2.24) is 5.32 Å². The molecule has 2 aromatic carbocycles. The summed E-state index contributed by atoms with van der Waals surface area (Å²) >= 11 is 0. The van der Waals surface area contributed by atoms with E-state index in [0.717, 1.165) is 11.3 Å². The standard InChI is InChI=1S/C20H23NO4/c1-14(2)13-25-18-9-4-3-7-17(18)12-21-19(22)11-15-6-5-8-16(10-15)20(23)24/h3-10,14H,11-13H2,1-2H3,(H,21,22)(H,23,24). The number of rotatable bonds is 8. The van der Waals surface area contributed by atoms with Crippen LogP contribution in [0, 0.1) is 5.92 Å². The van der Waals surface area contributed by atoms with E-state index in [1.165, 1.54) is 12.1 Å². The second-order valence-corrected chi connectivity index (χ2v) is 6.27. The summed E-state index contributed by atoms with van der Waals surface area (Å²) in [6, 6.07) is 14.0. The predicted molar refractivity (Wildman–Crippen MR) is 95.7 cm³/mol. The Morgan fingerprint density at radius 2 is 1.88 bits per heavy atom. The van der Waals surface area contributed by atoms with Gasteiger partial charge in [0.2, 0.25) is 5.91 Å². The van der Waals surface area contributed by atoms with Crippen LogP contribution in [0.3, 0.4) is 0 Å². The van der Waals surface area contributed by atoms with E-state index in [-0.39, 0.29) is 17.9 Å². The highest BCUT2D eigenvalue weighted by Crippen LogP contribution is 2.18. The fourth-order valence-corrected chi connectivity index (χ4v) is 2.30. The van der Waals surface area contributed by atoms with Crippen molar-refractivity contribution in [2.75, 3.05) is 6.61 Å². The Kier molecular flexibility index (Phi) is 6.57. The molecule has 5 nitrogen and oxygen atoms in total. The van der Waals surface area contributed by atoms with E-state index in [9.17, 15) is 9.59 Å². The van der Waals surface area contributed by atoms with E-state index >= 15 is 0 Å². The van der Waals surface area contributed by atoms with Crippen LogP contribution in [0.15, 0.2) is 48.5 Å². The zero-order chi connectivity index (χ0) is 18.2. The van der Waals surface area contributed by atoms with Gasteiger partial charge in [-0.3, -0.25) is 4.79 Å². The predicted octanol–water partition coefficient (Wildman–Crippen LogP) is 3.28. The van der Waals surface area contributed by atoms with Gasteiger partial charge in [0.1, 0.15) is 5.75 Å². The highest BCUT2D eigenvalue weighted by molar-refractivity contribution is 5.88. The fraction of sp³-hybridized carbons (Fsp3) is 0.300. The molecule has 1 amide bonds. The van der Waals surface area contributed by atoms with Crippen LogP contribution < -0.4 is 10.1 Å². The smallest absolute Gasteiger partial charge is 0.335 e. The van der Waals surface area contributed by atoms with Crippen LogP contribution in [0.1, 0.15) is 35.3 Å². The number of nitrogens with one attached hydrogen (secondary N) is 1. The fourth-order valence-electron chi connectivity index (χ4n) is 2.30. The molecule has 0 spiro atoms. The number of carboxylic acids is 1. The van der Waals surface area contributed by atoms with Gasteiger partial charge >= 0.3 is 5.97 Å². The number of benzene rings is 2. The Balaban J connectivity index is 1.94. The Labute approximate surface area is 147 Å².